The highest BCUT2D eigenvalue weighted by molar-refractivity contribution is 6.34. The molecule has 4 aromatic rings. The lowest BCUT2D eigenvalue weighted by Gasteiger charge is -2.15. The van der Waals surface area contributed by atoms with Crippen molar-refractivity contribution in [3.63, 3.8) is 0 Å². The molecule has 1 aliphatic heterocycles. The summed E-state index contributed by atoms with van der Waals surface area (Å²) in [5, 5.41) is 4.33. The highest BCUT2D eigenvalue weighted by Gasteiger charge is 2.36. The van der Waals surface area contributed by atoms with Gasteiger partial charge in [0.1, 0.15) is 0 Å². The first kappa shape index (κ1) is 18.7. The molecule has 8 nitrogen and oxygen atoms in total. The van der Waals surface area contributed by atoms with Crippen LogP contribution in [-0.2, 0) is 4.74 Å². The molecule has 0 fully saturated rings. The summed E-state index contributed by atoms with van der Waals surface area (Å²) in [5.41, 5.74) is 3.21. The van der Waals surface area contributed by atoms with E-state index in [2.05, 4.69) is 10.1 Å². The number of hydrogen-bond donors (Lipinski definition) is 0. The topological polar surface area (TPSA) is 93.9 Å². The number of nitrogens with zero attached hydrogens (tertiary/aromatic N) is 4. The second-order valence-corrected chi connectivity index (χ2v) is 6.89. The van der Waals surface area contributed by atoms with Gasteiger partial charge in [-0.15, -0.1) is 0 Å². The van der Waals surface area contributed by atoms with Gasteiger partial charge in [-0.25, -0.2) is 19.2 Å². The van der Waals surface area contributed by atoms with E-state index in [9.17, 15) is 14.4 Å². The van der Waals surface area contributed by atoms with Crippen LogP contribution >= 0.6 is 0 Å². The molecule has 0 spiro atoms. The predicted octanol–water partition coefficient (Wildman–Crippen LogP) is 3.37. The average Bonchev–Trinajstić information content (AvgIpc) is 3.34. The number of carbonyl (C=O) groups is 3. The van der Waals surface area contributed by atoms with Crippen molar-refractivity contribution >= 4 is 29.1 Å². The Hall–Kier alpha value is -4.33. The van der Waals surface area contributed by atoms with E-state index in [4.69, 9.17) is 4.74 Å². The van der Waals surface area contributed by atoms with Crippen LogP contribution in [0.4, 0.5) is 5.69 Å². The number of hydrogen-bond acceptors (Lipinski definition) is 6. The molecule has 0 unspecified atom stereocenters. The van der Waals surface area contributed by atoms with Crippen LogP contribution < -0.4 is 4.90 Å². The molecule has 0 N–H and O–H groups in total. The summed E-state index contributed by atoms with van der Waals surface area (Å²) in [4.78, 5) is 43.2. The molecular weight excluding hydrogens is 396 g/mol. The maximum Gasteiger partial charge on any atom is 0.358 e. The number of esters is 1. The van der Waals surface area contributed by atoms with E-state index in [1.54, 1.807) is 67.7 Å². The summed E-state index contributed by atoms with van der Waals surface area (Å²) in [6, 6.07) is 17.1. The predicted molar refractivity (Wildman–Crippen MR) is 112 cm³/mol. The second kappa shape index (κ2) is 7.17. The van der Waals surface area contributed by atoms with Gasteiger partial charge in [-0.3, -0.25) is 9.59 Å². The molecular formula is C23H16N4O4. The van der Waals surface area contributed by atoms with Crippen molar-refractivity contribution in [1.82, 2.24) is 14.6 Å². The fourth-order valence-electron chi connectivity index (χ4n) is 3.65. The van der Waals surface area contributed by atoms with Crippen LogP contribution in [0.25, 0.3) is 16.9 Å². The molecule has 0 saturated carbocycles. The Kier molecular flexibility index (Phi) is 4.32. The molecule has 0 aliphatic carbocycles. The molecule has 0 saturated heterocycles. The minimum absolute atomic E-state index is 0.151. The minimum Gasteiger partial charge on any atom is -0.461 e. The number of aromatic nitrogens is 3. The zero-order chi connectivity index (χ0) is 21.5. The molecule has 0 atom stereocenters. The van der Waals surface area contributed by atoms with Crippen LogP contribution in [0.15, 0.2) is 66.9 Å². The van der Waals surface area contributed by atoms with Gasteiger partial charge in [0, 0.05) is 17.8 Å². The van der Waals surface area contributed by atoms with Crippen molar-refractivity contribution in [1.29, 1.82) is 0 Å². The average molecular weight is 412 g/mol. The quantitative estimate of drug-likeness (QED) is 0.377. The molecule has 0 bridgehead atoms. The summed E-state index contributed by atoms with van der Waals surface area (Å²) in [7, 11) is 0. The lowest BCUT2D eigenvalue weighted by molar-refractivity contribution is 0.0518. The van der Waals surface area contributed by atoms with Gasteiger partial charge in [-0.05, 0) is 37.3 Å². The van der Waals surface area contributed by atoms with E-state index >= 15 is 0 Å². The Morgan fingerprint density at radius 1 is 0.968 bits per heavy atom. The van der Waals surface area contributed by atoms with Crippen molar-refractivity contribution in [2.75, 3.05) is 11.5 Å². The monoisotopic (exact) mass is 412 g/mol. The zero-order valence-corrected chi connectivity index (χ0v) is 16.5. The van der Waals surface area contributed by atoms with E-state index in [1.807, 2.05) is 6.07 Å². The van der Waals surface area contributed by atoms with Crippen molar-refractivity contribution in [3.8, 4) is 11.3 Å². The molecule has 5 rings (SSSR count). The van der Waals surface area contributed by atoms with Crippen molar-refractivity contribution < 1.29 is 19.1 Å². The molecule has 1 aliphatic rings. The Morgan fingerprint density at radius 2 is 1.71 bits per heavy atom. The molecule has 2 aromatic heterocycles. The second-order valence-electron chi connectivity index (χ2n) is 6.89. The largest absolute Gasteiger partial charge is 0.461 e. The Bertz CT molecular complexity index is 1340. The number of benzene rings is 2. The van der Waals surface area contributed by atoms with E-state index < -0.39 is 5.97 Å². The first-order valence-corrected chi connectivity index (χ1v) is 9.68. The Balaban J connectivity index is 1.57. The van der Waals surface area contributed by atoms with Gasteiger partial charge in [0.15, 0.2) is 11.3 Å². The van der Waals surface area contributed by atoms with E-state index in [1.165, 1.54) is 9.42 Å². The molecule has 31 heavy (non-hydrogen) atoms. The summed E-state index contributed by atoms with van der Waals surface area (Å²) in [6.07, 6.45) is 1.61. The lowest BCUT2D eigenvalue weighted by Crippen LogP contribution is -2.29. The summed E-state index contributed by atoms with van der Waals surface area (Å²) in [5.74, 6) is -1.25. The summed E-state index contributed by atoms with van der Waals surface area (Å²) < 4.78 is 6.56. The molecule has 3 heterocycles. The summed E-state index contributed by atoms with van der Waals surface area (Å²) in [6.45, 7) is 1.97. The third-order valence-corrected chi connectivity index (χ3v) is 5.04. The molecule has 0 radical (unpaired) electrons. The summed E-state index contributed by atoms with van der Waals surface area (Å²) >= 11 is 0. The number of anilines is 1. The Morgan fingerprint density at radius 3 is 2.42 bits per heavy atom. The van der Waals surface area contributed by atoms with E-state index in [-0.39, 0.29) is 24.1 Å². The van der Waals surface area contributed by atoms with Gasteiger partial charge in [-0.2, -0.15) is 5.10 Å². The van der Waals surface area contributed by atoms with Gasteiger partial charge in [-0.1, -0.05) is 24.3 Å². The molecule has 8 heteroatoms. The van der Waals surface area contributed by atoms with Gasteiger partial charge < -0.3 is 4.74 Å². The number of carbonyl (C=O) groups excluding carboxylic acids is 3. The first-order valence-electron chi connectivity index (χ1n) is 9.68. The molecule has 152 valence electrons. The smallest absolute Gasteiger partial charge is 0.358 e. The van der Waals surface area contributed by atoms with Gasteiger partial charge in [0.25, 0.3) is 11.8 Å². The number of ether oxygens (including phenoxy) is 1. The van der Waals surface area contributed by atoms with Crippen molar-refractivity contribution in [3.05, 3.63) is 83.7 Å². The first-order chi connectivity index (χ1) is 15.1. The fraction of sp³-hybridized carbons (Fsp3) is 0.0870. The maximum absolute atomic E-state index is 12.8. The standard InChI is InChI=1S/C23H16N4O4/c1-2-31-23(30)18-13-20-24-11-10-19(27(20)25-18)14-6-5-7-15(12-14)26-21(28)16-8-3-4-9-17(16)22(26)29/h3-13H,2H2,1H3. The van der Waals surface area contributed by atoms with E-state index in [0.717, 1.165) is 0 Å². The van der Waals surface area contributed by atoms with E-state index in [0.29, 0.717) is 33.7 Å². The SMILES string of the molecule is CCOC(=O)c1cc2nccc(-c3cccc(N4C(=O)c5ccccc5C4=O)c3)n2n1. The number of imide groups is 1. The Labute approximate surface area is 176 Å². The van der Waals surface area contributed by atoms with Gasteiger partial charge in [0.2, 0.25) is 0 Å². The van der Waals surface area contributed by atoms with Crippen LogP contribution in [0.2, 0.25) is 0 Å². The highest BCUT2D eigenvalue weighted by atomic mass is 16.5. The molecule has 2 aromatic carbocycles. The number of rotatable bonds is 4. The third kappa shape index (κ3) is 2.96. The van der Waals surface area contributed by atoms with Crippen LogP contribution in [0.3, 0.4) is 0 Å². The normalized spacial score (nSPS) is 13.0. The van der Waals surface area contributed by atoms with Crippen LogP contribution in [-0.4, -0.2) is 39.0 Å². The lowest BCUT2D eigenvalue weighted by atomic mass is 10.1. The van der Waals surface area contributed by atoms with Gasteiger partial charge in [0.05, 0.1) is 29.1 Å². The van der Waals surface area contributed by atoms with Crippen LogP contribution in [0.5, 0.6) is 0 Å². The fourth-order valence-corrected chi connectivity index (χ4v) is 3.65. The van der Waals surface area contributed by atoms with Crippen LogP contribution in [0, 0.1) is 0 Å². The number of amides is 2. The maximum atomic E-state index is 12.8. The molecule has 2 amide bonds. The van der Waals surface area contributed by atoms with Crippen LogP contribution in [0.1, 0.15) is 38.1 Å². The third-order valence-electron chi connectivity index (χ3n) is 5.04. The number of fused-ring (bicyclic) bond motifs is 2. The highest BCUT2D eigenvalue weighted by Crippen LogP contribution is 2.31. The van der Waals surface area contributed by atoms with Crippen molar-refractivity contribution in [2.45, 2.75) is 6.92 Å². The zero-order valence-electron chi connectivity index (χ0n) is 16.5. The van der Waals surface area contributed by atoms with Crippen molar-refractivity contribution in [2.24, 2.45) is 0 Å². The van der Waals surface area contributed by atoms with Gasteiger partial charge >= 0.3 is 5.97 Å². The minimum atomic E-state index is -0.529.